The van der Waals surface area contributed by atoms with Crippen LogP contribution in [-0.4, -0.2) is 5.91 Å². The third kappa shape index (κ3) is 2.81. The number of carbonyl (C=O) groups excluding carboxylic acids is 1. The molecule has 0 aliphatic rings. The molecule has 92 valence electrons. The number of carbonyl (C=O) groups is 1. The highest BCUT2D eigenvalue weighted by Gasteiger charge is 2.12. The van der Waals surface area contributed by atoms with Crippen molar-refractivity contribution in [2.24, 2.45) is 0 Å². The molecule has 0 unspecified atom stereocenters. The number of nitrogens with one attached hydrogen (secondary N) is 1. The number of anilines is 1. The summed E-state index contributed by atoms with van der Waals surface area (Å²) in [5, 5.41) is 3.10. The predicted octanol–water partition coefficient (Wildman–Crippen LogP) is 4.38. The van der Waals surface area contributed by atoms with Crippen molar-refractivity contribution in [3.63, 3.8) is 0 Å². The summed E-state index contributed by atoms with van der Waals surface area (Å²) in [5.74, 6) is -0.988. The zero-order valence-electron chi connectivity index (χ0n) is 9.08. The number of benzene rings is 2. The SMILES string of the molecule is O=C(Nc1ccccc1F)c1ccc(Cl)cc1Cl. The highest BCUT2D eigenvalue weighted by Crippen LogP contribution is 2.22. The monoisotopic (exact) mass is 283 g/mol. The molecule has 0 saturated carbocycles. The fourth-order valence-corrected chi connectivity index (χ4v) is 1.92. The molecule has 0 atom stereocenters. The molecule has 0 fully saturated rings. The van der Waals surface area contributed by atoms with E-state index >= 15 is 0 Å². The lowest BCUT2D eigenvalue weighted by atomic mass is 10.2. The van der Waals surface area contributed by atoms with Gasteiger partial charge in [-0.05, 0) is 30.3 Å². The summed E-state index contributed by atoms with van der Waals surface area (Å²) in [6.07, 6.45) is 0. The van der Waals surface area contributed by atoms with Crippen molar-refractivity contribution < 1.29 is 9.18 Å². The summed E-state index contributed by atoms with van der Waals surface area (Å²) in [6.45, 7) is 0. The minimum atomic E-state index is -0.504. The quantitative estimate of drug-likeness (QED) is 0.870. The van der Waals surface area contributed by atoms with Crippen LogP contribution < -0.4 is 5.32 Å². The lowest BCUT2D eigenvalue weighted by molar-refractivity contribution is 0.102. The van der Waals surface area contributed by atoms with Crippen molar-refractivity contribution in [1.29, 1.82) is 0 Å². The molecule has 2 aromatic carbocycles. The van der Waals surface area contributed by atoms with Crippen LogP contribution in [-0.2, 0) is 0 Å². The highest BCUT2D eigenvalue weighted by molar-refractivity contribution is 6.37. The molecular formula is C13H8Cl2FNO. The van der Waals surface area contributed by atoms with Gasteiger partial charge in [0.1, 0.15) is 5.82 Å². The van der Waals surface area contributed by atoms with Gasteiger partial charge in [0.15, 0.2) is 0 Å². The first-order valence-electron chi connectivity index (χ1n) is 5.09. The standard InChI is InChI=1S/C13H8Cl2FNO/c14-8-5-6-9(10(15)7-8)13(18)17-12-4-2-1-3-11(12)16/h1-7H,(H,17,18). The Morgan fingerprint density at radius 3 is 2.50 bits per heavy atom. The van der Waals surface area contributed by atoms with E-state index in [1.807, 2.05) is 0 Å². The predicted molar refractivity (Wildman–Crippen MR) is 70.8 cm³/mol. The zero-order chi connectivity index (χ0) is 13.1. The van der Waals surface area contributed by atoms with Gasteiger partial charge in [0.25, 0.3) is 5.91 Å². The van der Waals surface area contributed by atoms with E-state index in [2.05, 4.69) is 5.32 Å². The Balaban J connectivity index is 2.25. The maximum atomic E-state index is 13.4. The van der Waals surface area contributed by atoms with Crippen molar-refractivity contribution >= 4 is 34.8 Å². The van der Waals surface area contributed by atoms with Gasteiger partial charge in [-0.25, -0.2) is 4.39 Å². The molecule has 2 aromatic rings. The molecule has 0 aliphatic carbocycles. The first kappa shape index (κ1) is 12.9. The Morgan fingerprint density at radius 2 is 1.83 bits per heavy atom. The molecule has 5 heteroatoms. The van der Waals surface area contributed by atoms with Gasteiger partial charge in [-0.2, -0.15) is 0 Å². The van der Waals surface area contributed by atoms with Crippen LogP contribution in [0.3, 0.4) is 0 Å². The largest absolute Gasteiger partial charge is 0.319 e. The van der Waals surface area contributed by atoms with E-state index in [0.717, 1.165) is 0 Å². The van der Waals surface area contributed by atoms with Gasteiger partial charge in [-0.1, -0.05) is 35.3 Å². The second-order valence-corrected chi connectivity index (χ2v) is 4.40. The highest BCUT2D eigenvalue weighted by atomic mass is 35.5. The van der Waals surface area contributed by atoms with Crippen molar-refractivity contribution in [2.45, 2.75) is 0 Å². The van der Waals surface area contributed by atoms with Gasteiger partial charge >= 0.3 is 0 Å². The number of amides is 1. The summed E-state index contributed by atoms with van der Waals surface area (Å²) in [7, 11) is 0. The van der Waals surface area contributed by atoms with Crippen LogP contribution in [0.25, 0.3) is 0 Å². The molecule has 18 heavy (non-hydrogen) atoms. The Morgan fingerprint density at radius 1 is 1.11 bits per heavy atom. The smallest absolute Gasteiger partial charge is 0.257 e. The molecule has 0 spiro atoms. The Hall–Kier alpha value is -1.58. The van der Waals surface area contributed by atoms with Crippen LogP contribution in [0, 0.1) is 5.82 Å². The average molecular weight is 284 g/mol. The summed E-state index contributed by atoms with van der Waals surface area (Å²) in [5.41, 5.74) is 0.345. The lowest BCUT2D eigenvalue weighted by Gasteiger charge is -2.07. The van der Waals surface area contributed by atoms with Crippen molar-refractivity contribution in [3.8, 4) is 0 Å². The van der Waals surface area contributed by atoms with Gasteiger partial charge < -0.3 is 5.32 Å². The average Bonchev–Trinajstić information content (AvgIpc) is 2.32. The second kappa shape index (κ2) is 5.38. The number of para-hydroxylation sites is 1. The lowest BCUT2D eigenvalue weighted by Crippen LogP contribution is -2.13. The van der Waals surface area contributed by atoms with Gasteiger partial charge in [0, 0.05) is 5.02 Å². The molecular weight excluding hydrogens is 276 g/mol. The van der Waals surface area contributed by atoms with Crippen molar-refractivity contribution in [2.75, 3.05) is 5.32 Å². The fourth-order valence-electron chi connectivity index (χ4n) is 1.43. The molecule has 0 aliphatic heterocycles. The molecule has 0 saturated heterocycles. The van der Waals surface area contributed by atoms with Gasteiger partial charge in [-0.15, -0.1) is 0 Å². The summed E-state index contributed by atoms with van der Waals surface area (Å²) in [6, 6.07) is 10.4. The van der Waals surface area contributed by atoms with E-state index in [9.17, 15) is 9.18 Å². The third-order valence-corrected chi connectivity index (χ3v) is 2.85. The minimum Gasteiger partial charge on any atom is -0.319 e. The molecule has 0 heterocycles. The van der Waals surface area contributed by atoms with Crippen LogP contribution in [0.2, 0.25) is 10.0 Å². The number of halogens is 3. The van der Waals surface area contributed by atoms with E-state index in [0.29, 0.717) is 5.02 Å². The van der Waals surface area contributed by atoms with E-state index in [-0.39, 0.29) is 16.3 Å². The summed E-state index contributed by atoms with van der Waals surface area (Å²) in [4.78, 5) is 11.9. The van der Waals surface area contributed by atoms with Crippen molar-refractivity contribution in [1.82, 2.24) is 0 Å². The first-order chi connectivity index (χ1) is 8.58. The normalized spacial score (nSPS) is 10.2. The Kier molecular flexibility index (Phi) is 3.84. The molecule has 1 N–H and O–H groups in total. The van der Waals surface area contributed by atoms with Crippen LogP contribution in [0.5, 0.6) is 0 Å². The van der Waals surface area contributed by atoms with Crippen LogP contribution in [0.15, 0.2) is 42.5 Å². The first-order valence-corrected chi connectivity index (χ1v) is 5.84. The van der Waals surface area contributed by atoms with Crippen LogP contribution in [0.1, 0.15) is 10.4 Å². The molecule has 2 rings (SSSR count). The summed E-state index contributed by atoms with van der Waals surface area (Å²) >= 11 is 11.6. The van der Waals surface area contributed by atoms with E-state index in [1.54, 1.807) is 18.2 Å². The molecule has 2 nitrogen and oxygen atoms in total. The molecule has 0 radical (unpaired) electrons. The zero-order valence-corrected chi connectivity index (χ0v) is 10.6. The third-order valence-electron chi connectivity index (χ3n) is 2.30. The minimum absolute atomic E-state index is 0.105. The van der Waals surface area contributed by atoms with E-state index < -0.39 is 11.7 Å². The number of hydrogen-bond acceptors (Lipinski definition) is 1. The molecule has 0 aromatic heterocycles. The Bertz CT molecular complexity index is 601. The Labute approximate surface area is 113 Å². The van der Waals surface area contributed by atoms with Gasteiger partial charge in [0.05, 0.1) is 16.3 Å². The number of rotatable bonds is 2. The van der Waals surface area contributed by atoms with E-state index in [1.165, 1.54) is 24.3 Å². The maximum absolute atomic E-state index is 13.4. The molecule has 0 bridgehead atoms. The van der Waals surface area contributed by atoms with Crippen molar-refractivity contribution in [3.05, 3.63) is 63.9 Å². The van der Waals surface area contributed by atoms with Gasteiger partial charge in [0.2, 0.25) is 0 Å². The number of hydrogen-bond donors (Lipinski definition) is 1. The fraction of sp³-hybridized carbons (Fsp3) is 0. The van der Waals surface area contributed by atoms with Crippen LogP contribution in [0.4, 0.5) is 10.1 Å². The molecule has 1 amide bonds. The van der Waals surface area contributed by atoms with Gasteiger partial charge in [-0.3, -0.25) is 4.79 Å². The topological polar surface area (TPSA) is 29.1 Å². The summed E-state index contributed by atoms with van der Waals surface area (Å²) < 4.78 is 13.4. The van der Waals surface area contributed by atoms with E-state index in [4.69, 9.17) is 23.2 Å². The maximum Gasteiger partial charge on any atom is 0.257 e. The van der Waals surface area contributed by atoms with Crippen LogP contribution >= 0.6 is 23.2 Å². The second-order valence-electron chi connectivity index (χ2n) is 3.56.